The molecule has 1 saturated carbocycles. The fourth-order valence-corrected chi connectivity index (χ4v) is 3.55. The van der Waals surface area contributed by atoms with Crippen LogP contribution in [0.25, 0.3) is 0 Å². The molecule has 0 saturated heterocycles. The van der Waals surface area contributed by atoms with Crippen LogP contribution < -0.4 is 5.32 Å². The van der Waals surface area contributed by atoms with Gasteiger partial charge in [-0.3, -0.25) is 0 Å². The zero-order valence-corrected chi connectivity index (χ0v) is 13.9. The van der Waals surface area contributed by atoms with Gasteiger partial charge in [0, 0.05) is 17.1 Å². The van der Waals surface area contributed by atoms with E-state index < -0.39 is 0 Å². The van der Waals surface area contributed by atoms with Crippen LogP contribution in [0, 0.1) is 17.2 Å². The predicted octanol–water partition coefficient (Wildman–Crippen LogP) is 4.13. The van der Waals surface area contributed by atoms with Crippen molar-refractivity contribution >= 4 is 17.3 Å². The number of hydrogen-bond donors (Lipinski definition) is 1. The minimum absolute atomic E-state index is 0.159. The lowest BCUT2D eigenvalue weighted by Crippen LogP contribution is -2.52. The van der Waals surface area contributed by atoms with Crippen molar-refractivity contribution in [3.63, 3.8) is 0 Å². The van der Waals surface area contributed by atoms with Crippen molar-refractivity contribution in [2.24, 2.45) is 5.92 Å². The third-order valence-electron chi connectivity index (χ3n) is 4.73. The van der Waals surface area contributed by atoms with E-state index in [0.717, 1.165) is 18.2 Å². The van der Waals surface area contributed by atoms with Crippen molar-refractivity contribution < 1.29 is 0 Å². The molecule has 1 aromatic carbocycles. The molecular formula is C17H24ClN3. The summed E-state index contributed by atoms with van der Waals surface area (Å²) in [4.78, 5) is 2.34. The maximum Gasteiger partial charge on any atom is 0.101 e. The molecule has 0 aromatic heterocycles. The number of hydrogen-bond acceptors (Lipinski definition) is 3. The second-order valence-electron chi connectivity index (χ2n) is 6.48. The van der Waals surface area contributed by atoms with Crippen LogP contribution >= 0.6 is 11.6 Å². The lowest BCUT2D eigenvalue weighted by Gasteiger charge is -2.45. The molecule has 0 amide bonds. The Balaban J connectivity index is 2.16. The highest BCUT2D eigenvalue weighted by atomic mass is 35.5. The quantitative estimate of drug-likeness (QED) is 0.909. The fraction of sp³-hybridized carbons (Fsp3) is 0.588. The van der Waals surface area contributed by atoms with Crippen molar-refractivity contribution in [2.45, 2.75) is 38.1 Å². The van der Waals surface area contributed by atoms with Gasteiger partial charge in [-0.15, -0.1) is 0 Å². The average molecular weight is 306 g/mol. The Kier molecular flexibility index (Phi) is 5.13. The zero-order valence-electron chi connectivity index (χ0n) is 13.1. The van der Waals surface area contributed by atoms with Crippen molar-refractivity contribution in [2.75, 3.05) is 26.0 Å². The summed E-state index contributed by atoms with van der Waals surface area (Å²) in [7, 11) is 4.31. The van der Waals surface area contributed by atoms with E-state index in [0.29, 0.717) is 10.6 Å². The summed E-state index contributed by atoms with van der Waals surface area (Å²) in [6.07, 6.45) is 4.97. The highest BCUT2D eigenvalue weighted by Gasteiger charge is 2.36. The molecule has 1 aromatic rings. The molecule has 0 aliphatic heterocycles. The average Bonchev–Trinajstić information content (AvgIpc) is 2.45. The molecule has 4 heteroatoms. The molecule has 2 atom stereocenters. The second-order valence-corrected chi connectivity index (χ2v) is 6.91. The monoisotopic (exact) mass is 305 g/mol. The molecule has 1 aliphatic carbocycles. The largest absolute Gasteiger partial charge is 0.382 e. The maximum absolute atomic E-state index is 9.22. The maximum atomic E-state index is 9.22. The van der Waals surface area contributed by atoms with Gasteiger partial charge in [0.2, 0.25) is 0 Å². The van der Waals surface area contributed by atoms with Crippen molar-refractivity contribution in [3.8, 4) is 6.07 Å². The molecule has 21 heavy (non-hydrogen) atoms. The molecule has 0 radical (unpaired) electrons. The van der Waals surface area contributed by atoms with Crippen LogP contribution in [0.3, 0.4) is 0 Å². The summed E-state index contributed by atoms with van der Waals surface area (Å²) in [6.45, 7) is 3.18. The smallest absolute Gasteiger partial charge is 0.101 e. The Morgan fingerprint density at radius 1 is 1.48 bits per heavy atom. The molecule has 1 fully saturated rings. The van der Waals surface area contributed by atoms with Gasteiger partial charge in [0.15, 0.2) is 0 Å². The molecule has 1 N–H and O–H groups in total. The number of rotatable bonds is 4. The second kappa shape index (κ2) is 6.68. The van der Waals surface area contributed by atoms with Gasteiger partial charge in [0.25, 0.3) is 0 Å². The summed E-state index contributed by atoms with van der Waals surface area (Å²) >= 11 is 6.06. The van der Waals surface area contributed by atoms with E-state index in [1.807, 2.05) is 6.07 Å². The molecule has 1 aliphatic rings. The minimum atomic E-state index is 0.159. The Morgan fingerprint density at radius 2 is 2.24 bits per heavy atom. The summed E-state index contributed by atoms with van der Waals surface area (Å²) in [5.74, 6) is 0.748. The number of halogens is 1. The van der Waals surface area contributed by atoms with Gasteiger partial charge in [-0.25, -0.2) is 0 Å². The van der Waals surface area contributed by atoms with Gasteiger partial charge in [-0.1, -0.05) is 31.4 Å². The van der Waals surface area contributed by atoms with Gasteiger partial charge in [0.1, 0.15) is 6.07 Å². The van der Waals surface area contributed by atoms with Crippen molar-refractivity contribution in [1.29, 1.82) is 5.26 Å². The van der Waals surface area contributed by atoms with Crippen LogP contribution in [0.15, 0.2) is 18.2 Å². The van der Waals surface area contributed by atoms with Crippen LogP contribution in [0.4, 0.5) is 5.69 Å². The van der Waals surface area contributed by atoms with Crippen LogP contribution in [0.2, 0.25) is 5.02 Å². The molecular weight excluding hydrogens is 282 g/mol. The summed E-state index contributed by atoms with van der Waals surface area (Å²) in [6, 6.07) is 7.60. The van der Waals surface area contributed by atoms with E-state index in [1.54, 1.807) is 12.1 Å². The van der Waals surface area contributed by atoms with E-state index in [2.05, 4.69) is 37.3 Å². The predicted molar refractivity (Wildman–Crippen MR) is 88.7 cm³/mol. The standard InChI is InChI=1S/C17H24ClN3/c1-13-5-4-8-17(10-13,21(2)3)12-20-16-9-15(18)7-6-14(16)11-19/h6-7,9,13,20H,4-5,8,10,12H2,1-3H3. The molecule has 3 nitrogen and oxygen atoms in total. The molecule has 0 bridgehead atoms. The first-order valence-corrected chi connectivity index (χ1v) is 7.95. The topological polar surface area (TPSA) is 39.1 Å². The SMILES string of the molecule is CC1CCCC(CNc2cc(Cl)ccc2C#N)(N(C)C)C1. The highest BCUT2D eigenvalue weighted by Crippen LogP contribution is 2.36. The highest BCUT2D eigenvalue weighted by molar-refractivity contribution is 6.30. The van der Waals surface area contributed by atoms with Crippen molar-refractivity contribution in [1.82, 2.24) is 4.90 Å². The normalized spacial score (nSPS) is 25.6. The van der Waals surface area contributed by atoms with Crippen LogP contribution in [-0.2, 0) is 0 Å². The number of anilines is 1. The van der Waals surface area contributed by atoms with Gasteiger partial charge in [-0.2, -0.15) is 5.26 Å². The number of likely N-dealkylation sites (N-methyl/N-ethyl adjacent to an activating group) is 1. The number of nitrogens with zero attached hydrogens (tertiary/aromatic N) is 2. The van der Waals surface area contributed by atoms with E-state index in [4.69, 9.17) is 11.6 Å². The first kappa shape index (κ1) is 16.1. The van der Waals surface area contributed by atoms with Crippen LogP contribution in [0.5, 0.6) is 0 Å². The van der Waals surface area contributed by atoms with Crippen LogP contribution in [0.1, 0.15) is 38.2 Å². The van der Waals surface area contributed by atoms with Gasteiger partial charge >= 0.3 is 0 Å². The minimum Gasteiger partial charge on any atom is -0.382 e. The van der Waals surface area contributed by atoms with E-state index in [9.17, 15) is 5.26 Å². The summed E-state index contributed by atoms with van der Waals surface area (Å²) in [5, 5.41) is 13.3. The van der Waals surface area contributed by atoms with Gasteiger partial charge in [0.05, 0.1) is 11.3 Å². The van der Waals surface area contributed by atoms with Gasteiger partial charge < -0.3 is 10.2 Å². The Morgan fingerprint density at radius 3 is 2.86 bits per heavy atom. The first-order chi connectivity index (χ1) is 9.97. The summed E-state index contributed by atoms with van der Waals surface area (Å²) in [5.41, 5.74) is 1.65. The molecule has 2 rings (SSSR count). The molecule has 2 unspecified atom stereocenters. The van der Waals surface area contributed by atoms with E-state index in [1.165, 1.54) is 25.7 Å². The summed E-state index contributed by atoms with van der Waals surface area (Å²) < 4.78 is 0. The Bertz CT molecular complexity index is 535. The zero-order chi connectivity index (χ0) is 15.5. The fourth-order valence-electron chi connectivity index (χ4n) is 3.38. The molecule has 114 valence electrons. The first-order valence-electron chi connectivity index (χ1n) is 7.58. The molecule has 0 heterocycles. The lowest BCUT2D eigenvalue weighted by molar-refractivity contribution is 0.0882. The van der Waals surface area contributed by atoms with Crippen LogP contribution in [-0.4, -0.2) is 31.1 Å². The third kappa shape index (κ3) is 3.70. The van der Waals surface area contributed by atoms with E-state index in [-0.39, 0.29) is 5.54 Å². The number of benzene rings is 1. The van der Waals surface area contributed by atoms with Gasteiger partial charge in [-0.05, 0) is 51.1 Å². The Labute approximate surface area is 132 Å². The Hall–Kier alpha value is -1.24. The van der Waals surface area contributed by atoms with E-state index >= 15 is 0 Å². The number of nitrogens with one attached hydrogen (secondary N) is 1. The number of nitriles is 1. The lowest BCUT2D eigenvalue weighted by atomic mass is 9.75. The molecule has 0 spiro atoms. The third-order valence-corrected chi connectivity index (χ3v) is 4.96. The van der Waals surface area contributed by atoms with Crippen molar-refractivity contribution in [3.05, 3.63) is 28.8 Å².